The van der Waals surface area contributed by atoms with E-state index in [2.05, 4.69) is 10.2 Å². The molecule has 0 radical (unpaired) electrons. The van der Waals surface area contributed by atoms with Gasteiger partial charge in [0.2, 0.25) is 0 Å². The van der Waals surface area contributed by atoms with Crippen molar-refractivity contribution in [3.63, 3.8) is 0 Å². The summed E-state index contributed by atoms with van der Waals surface area (Å²) in [6.07, 6.45) is 4.20. The van der Waals surface area contributed by atoms with Gasteiger partial charge in [-0.05, 0) is 58.3 Å². The minimum Gasteiger partial charge on any atom is -0.337 e. The summed E-state index contributed by atoms with van der Waals surface area (Å²) >= 11 is 0. The van der Waals surface area contributed by atoms with Gasteiger partial charge < -0.3 is 15.1 Å². The zero-order valence-corrected chi connectivity index (χ0v) is 17.4. The standard InChI is InChI=1S/C20H33N3O3S/c1-18(2)23(20(24)21-12-16-22-13-7-4-8-14-22)15-9-17-27(25,26)19-10-5-3-6-11-19/h3,5-6,10-11,18H,4,7-9,12-17H2,1-2H3,(H,21,24). The average Bonchev–Trinajstić information content (AvgIpc) is 2.66. The molecule has 2 amide bonds. The van der Waals surface area contributed by atoms with Crippen LogP contribution in [0.3, 0.4) is 0 Å². The molecule has 6 nitrogen and oxygen atoms in total. The van der Waals surface area contributed by atoms with Crippen molar-refractivity contribution in [2.45, 2.75) is 50.5 Å². The van der Waals surface area contributed by atoms with Gasteiger partial charge in [0.05, 0.1) is 10.6 Å². The van der Waals surface area contributed by atoms with Gasteiger partial charge in [-0.15, -0.1) is 0 Å². The molecule has 0 aliphatic carbocycles. The average molecular weight is 396 g/mol. The molecule has 7 heteroatoms. The van der Waals surface area contributed by atoms with Crippen molar-refractivity contribution in [2.24, 2.45) is 0 Å². The van der Waals surface area contributed by atoms with Gasteiger partial charge in [-0.3, -0.25) is 0 Å². The molecule has 1 aliphatic heterocycles. The molecule has 0 aromatic heterocycles. The lowest BCUT2D eigenvalue weighted by molar-refractivity contribution is 0.178. The van der Waals surface area contributed by atoms with Crippen LogP contribution in [0.15, 0.2) is 35.2 Å². The van der Waals surface area contributed by atoms with Crippen molar-refractivity contribution < 1.29 is 13.2 Å². The molecule has 1 aromatic carbocycles. The van der Waals surface area contributed by atoms with Crippen molar-refractivity contribution in [2.75, 3.05) is 38.5 Å². The Labute approximate surface area is 163 Å². The molecule has 2 rings (SSSR count). The summed E-state index contributed by atoms with van der Waals surface area (Å²) in [5, 5.41) is 2.99. The van der Waals surface area contributed by atoms with Gasteiger partial charge in [-0.1, -0.05) is 24.6 Å². The number of nitrogens with zero attached hydrogens (tertiary/aromatic N) is 2. The van der Waals surface area contributed by atoms with E-state index >= 15 is 0 Å². The Morgan fingerprint density at radius 2 is 1.81 bits per heavy atom. The third-order valence-electron chi connectivity index (χ3n) is 4.95. The lowest BCUT2D eigenvalue weighted by Crippen LogP contribution is -2.47. The highest BCUT2D eigenvalue weighted by Crippen LogP contribution is 2.12. The number of rotatable bonds is 9. The monoisotopic (exact) mass is 395 g/mol. The van der Waals surface area contributed by atoms with E-state index in [9.17, 15) is 13.2 Å². The first-order valence-corrected chi connectivity index (χ1v) is 11.6. The van der Waals surface area contributed by atoms with Crippen molar-refractivity contribution in [3.8, 4) is 0 Å². The molecule has 27 heavy (non-hydrogen) atoms. The number of likely N-dealkylation sites (tertiary alicyclic amines) is 1. The van der Waals surface area contributed by atoms with E-state index in [1.54, 1.807) is 35.2 Å². The van der Waals surface area contributed by atoms with Gasteiger partial charge >= 0.3 is 6.03 Å². The van der Waals surface area contributed by atoms with E-state index in [0.29, 0.717) is 24.4 Å². The first-order valence-electron chi connectivity index (χ1n) is 9.95. The van der Waals surface area contributed by atoms with Gasteiger partial charge in [0, 0.05) is 25.7 Å². The first kappa shape index (κ1) is 21.7. The SMILES string of the molecule is CC(C)N(CCCS(=O)(=O)c1ccccc1)C(=O)NCCN1CCCCC1. The summed E-state index contributed by atoms with van der Waals surface area (Å²) in [6.45, 7) is 8.07. The minimum atomic E-state index is -3.30. The molecule has 1 aliphatic rings. The Hall–Kier alpha value is -1.60. The number of urea groups is 1. The maximum Gasteiger partial charge on any atom is 0.317 e. The number of carbonyl (C=O) groups is 1. The first-order chi connectivity index (χ1) is 12.9. The van der Waals surface area contributed by atoms with Crippen LogP contribution >= 0.6 is 0 Å². The maximum absolute atomic E-state index is 12.5. The predicted molar refractivity (Wildman–Crippen MR) is 109 cm³/mol. The van der Waals surface area contributed by atoms with E-state index in [1.807, 2.05) is 13.8 Å². The van der Waals surface area contributed by atoms with Gasteiger partial charge in [-0.2, -0.15) is 0 Å². The van der Waals surface area contributed by atoms with Crippen LogP contribution < -0.4 is 5.32 Å². The molecule has 0 spiro atoms. The molecule has 0 bridgehead atoms. The Balaban J connectivity index is 1.77. The summed E-state index contributed by atoms with van der Waals surface area (Å²) in [7, 11) is -3.30. The van der Waals surface area contributed by atoms with Crippen LogP contribution in [-0.2, 0) is 9.84 Å². The summed E-state index contributed by atoms with van der Waals surface area (Å²) in [5.74, 6) is 0.0429. The normalized spacial score (nSPS) is 15.7. The Bertz CT molecular complexity index is 671. The highest BCUT2D eigenvalue weighted by molar-refractivity contribution is 7.91. The number of nitrogens with one attached hydrogen (secondary N) is 1. The van der Waals surface area contributed by atoms with Crippen molar-refractivity contribution in [1.82, 2.24) is 15.1 Å². The molecular weight excluding hydrogens is 362 g/mol. The topological polar surface area (TPSA) is 69.7 Å². The summed E-state index contributed by atoms with van der Waals surface area (Å²) in [6, 6.07) is 8.39. The number of hydrogen-bond donors (Lipinski definition) is 1. The van der Waals surface area contributed by atoms with Crippen LogP contribution in [-0.4, -0.2) is 68.8 Å². The smallest absolute Gasteiger partial charge is 0.317 e. The lowest BCUT2D eigenvalue weighted by Gasteiger charge is -2.29. The third-order valence-corrected chi connectivity index (χ3v) is 6.77. The summed E-state index contributed by atoms with van der Waals surface area (Å²) < 4.78 is 24.8. The summed E-state index contributed by atoms with van der Waals surface area (Å²) in [5.41, 5.74) is 0. The van der Waals surface area contributed by atoms with Crippen molar-refractivity contribution >= 4 is 15.9 Å². The van der Waals surface area contributed by atoms with E-state index in [4.69, 9.17) is 0 Å². The minimum absolute atomic E-state index is 0.0272. The number of piperidine rings is 1. The van der Waals surface area contributed by atoms with E-state index in [1.165, 1.54) is 19.3 Å². The predicted octanol–water partition coefficient (Wildman–Crippen LogP) is 2.76. The molecule has 1 heterocycles. The molecular formula is C20H33N3O3S. The molecule has 152 valence electrons. The van der Waals surface area contributed by atoms with Crippen LogP contribution in [0.25, 0.3) is 0 Å². The zero-order valence-electron chi connectivity index (χ0n) is 16.6. The number of sulfone groups is 1. The molecule has 0 unspecified atom stereocenters. The lowest BCUT2D eigenvalue weighted by atomic mass is 10.1. The van der Waals surface area contributed by atoms with Crippen LogP contribution in [0.4, 0.5) is 4.79 Å². The maximum atomic E-state index is 12.5. The fourth-order valence-electron chi connectivity index (χ4n) is 3.37. The van der Waals surface area contributed by atoms with E-state index < -0.39 is 9.84 Å². The molecule has 0 saturated carbocycles. The molecule has 1 N–H and O–H groups in total. The fourth-order valence-corrected chi connectivity index (χ4v) is 4.69. The second kappa shape index (κ2) is 10.7. The van der Waals surface area contributed by atoms with Crippen LogP contribution in [0.5, 0.6) is 0 Å². The molecule has 1 aromatic rings. The molecule has 1 fully saturated rings. The summed E-state index contributed by atoms with van der Waals surface area (Å²) in [4.78, 5) is 16.9. The van der Waals surface area contributed by atoms with Gasteiger partial charge in [0.25, 0.3) is 0 Å². The Morgan fingerprint density at radius 1 is 1.15 bits per heavy atom. The fraction of sp³-hybridized carbons (Fsp3) is 0.650. The molecule has 0 atom stereocenters. The van der Waals surface area contributed by atoms with Crippen molar-refractivity contribution in [1.29, 1.82) is 0 Å². The van der Waals surface area contributed by atoms with Crippen LogP contribution in [0.2, 0.25) is 0 Å². The van der Waals surface area contributed by atoms with Gasteiger partial charge in [0.1, 0.15) is 0 Å². The van der Waals surface area contributed by atoms with E-state index in [-0.39, 0.29) is 17.8 Å². The quantitative estimate of drug-likeness (QED) is 0.698. The largest absolute Gasteiger partial charge is 0.337 e. The van der Waals surface area contributed by atoms with E-state index in [0.717, 1.165) is 19.6 Å². The number of hydrogen-bond acceptors (Lipinski definition) is 4. The number of carbonyl (C=O) groups excluding carboxylic acids is 1. The van der Waals surface area contributed by atoms with Crippen molar-refractivity contribution in [3.05, 3.63) is 30.3 Å². The zero-order chi connectivity index (χ0) is 19.7. The van der Waals surface area contributed by atoms with Crippen LogP contribution in [0, 0.1) is 0 Å². The molecule has 1 saturated heterocycles. The van der Waals surface area contributed by atoms with Gasteiger partial charge in [-0.25, -0.2) is 13.2 Å². The highest BCUT2D eigenvalue weighted by Gasteiger charge is 2.19. The number of amides is 2. The Kier molecular flexibility index (Phi) is 8.57. The Morgan fingerprint density at radius 3 is 2.44 bits per heavy atom. The number of benzene rings is 1. The second-order valence-electron chi connectivity index (χ2n) is 7.41. The van der Waals surface area contributed by atoms with Gasteiger partial charge in [0.15, 0.2) is 9.84 Å². The third kappa shape index (κ3) is 7.14. The second-order valence-corrected chi connectivity index (χ2v) is 9.52. The van der Waals surface area contributed by atoms with Crippen LogP contribution in [0.1, 0.15) is 39.5 Å². The highest BCUT2D eigenvalue weighted by atomic mass is 32.2.